The van der Waals surface area contributed by atoms with E-state index in [2.05, 4.69) is 0 Å². The summed E-state index contributed by atoms with van der Waals surface area (Å²) in [6, 6.07) is 6.73. The number of carbonyl (C=O) groups excluding carboxylic acids is 1. The summed E-state index contributed by atoms with van der Waals surface area (Å²) in [5, 5.41) is 0. The maximum Gasteiger partial charge on any atom is 0.416 e. The topological polar surface area (TPSA) is 35.5 Å². The van der Waals surface area contributed by atoms with Crippen LogP contribution >= 0.6 is 0 Å². The van der Waals surface area contributed by atoms with Crippen molar-refractivity contribution in [3.8, 4) is 0 Å². The predicted molar refractivity (Wildman–Crippen MR) is 99.2 cm³/mol. The van der Waals surface area contributed by atoms with Gasteiger partial charge in [-0.25, -0.2) is 4.39 Å². The van der Waals surface area contributed by atoms with Crippen LogP contribution in [0, 0.1) is 11.7 Å². The Kier molecular flexibility index (Phi) is 7.24. The molecule has 0 saturated carbocycles. The Morgan fingerprint density at radius 1 is 0.969 bits per heavy atom. The molecule has 3 atom stereocenters. The Morgan fingerprint density at radius 3 is 2.09 bits per heavy atom. The Labute approximate surface area is 179 Å². The van der Waals surface area contributed by atoms with Gasteiger partial charge in [-0.15, -0.1) is 0 Å². The molecule has 0 spiro atoms. The number of halogens is 7. The fourth-order valence-corrected chi connectivity index (χ4v) is 3.66. The largest absolute Gasteiger partial charge is 0.416 e. The van der Waals surface area contributed by atoms with Gasteiger partial charge in [-0.1, -0.05) is 12.1 Å². The van der Waals surface area contributed by atoms with Gasteiger partial charge in [0.15, 0.2) is 6.29 Å². The molecule has 32 heavy (non-hydrogen) atoms. The molecule has 0 radical (unpaired) electrons. The van der Waals surface area contributed by atoms with E-state index < -0.39 is 47.4 Å². The minimum absolute atomic E-state index is 0.0633. The first-order valence-corrected chi connectivity index (χ1v) is 9.71. The highest BCUT2D eigenvalue weighted by molar-refractivity contribution is 5.56. The van der Waals surface area contributed by atoms with Gasteiger partial charge in [0.2, 0.25) is 0 Å². The molecule has 3 nitrogen and oxygen atoms in total. The third-order valence-corrected chi connectivity index (χ3v) is 5.24. The molecule has 3 rings (SSSR count). The Hall–Kier alpha value is -2.46. The van der Waals surface area contributed by atoms with Crippen LogP contribution < -0.4 is 0 Å². The second kappa shape index (κ2) is 9.58. The van der Waals surface area contributed by atoms with Gasteiger partial charge in [0.05, 0.1) is 24.3 Å². The minimum Gasteiger partial charge on any atom is -0.352 e. The van der Waals surface area contributed by atoms with E-state index in [0.29, 0.717) is 24.1 Å². The lowest BCUT2D eigenvalue weighted by atomic mass is 9.83. The van der Waals surface area contributed by atoms with Crippen molar-refractivity contribution in [3.05, 3.63) is 70.5 Å². The first-order chi connectivity index (χ1) is 15.0. The maximum absolute atomic E-state index is 13.3. The van der Waals surface area contributed by atoms with Crippen LogP contribution in [0.1, 0.15) is 34.6 Å². The van der Waals surface area contributed by atoms with Crippen molar-refractivity contribution in [1.29, 1.82) is 0 Å². The molecule has 0 aromatic heterocycles. The van der Waals surface area contributed by atoms with E-state index >= 15 is 0 Å². The van der Waals surface area contributed by atoms with Crippen LogP contribution in [0.25, 0.3) is 0 Å². The number of ether oxygens (including phenoxy) is 2. The molecule has 0 bridgehead atoms. The highest BCUT2D eigenvalue weighted by atomic mass is 19.4. The maximum atomic E-state index is 13.3. The summed E-state index contributed by atoms with van der Waals surface area (Å²) in [5.74, 6) is -1.56. The van der Waals surface area contributed by atoms with Crippen LogP contribution in [-0.4, -0.2) is 25.8 Å². The molecule has 174 valence electrons. The monoisotopic (exact) mass is 464 g/mol. The summed E-state index contributed by atoms with van der Waals surface area (Å²) in [7, 11) is 0. The van der Waals surface area contributed by atoms with Gasteiger partial charge < -0.3 is 14.3 Å². The van der Waals surface area contributed by atoms with E-state index in [1.54, 1.807) is 0 Å². The van der Waals surface area contributed by atoms with Gasteiger partial charge in [0.1, 0.15) is 12.1 Å². The number of hydrogen-bond acceptors (Lipinski definition) is 3. The van der Waals surface area contributed by atoms with Gasteiger partial charge in [-0.2, -0.15) is 26.3 Å². The van der Waals surface area contributed by atoms with Crippen molar-refractivity contribution in [1.82, 2.24) is 0 Å². The van der Waals surface area contributed by atoms with Crippen LogP contribution in [0.4, 0.5) is 30.7 Å². The highest BCUT2D eigenvalue weighted by Gasteiger charge is 2.38. The smallest absolute Gasteiger partial charge is 0.352 e. The number of hydrogen-bond donors (Lipinski definition) is 0. The van der Waals surface area contributed by atoms with Gasteiger partial charge >= 0.3 is 12.4 Å². The summed E-state index contributed by atoms with van der Waals surface area (Å²) < 4.78 is 103. The van der Waals surface area contributed by atoms with Gasteiger partial charge in [-0.05, 0) is 54.3 Å². The molecule has 1 fully saturated rings. The van der Waals surface area contributed by atoms with Crippen LogP contribution in [-0.2, 0) is 33.0 Å². The van der Waals surface area contributed by atoms with Crippen molar-refractivity contribution in [2.75, 3.05) is 13.2 Å². The van der Waals surface area contributed by atoms with Gasteiger partial charge in [0, 0.05) is 11.8 Å². The molecule has 1 aliphatic rings. The first kappa shape index (κ1) is 24.2. The summed E-state index contributed by atoms with van der Waals surface area (Å²) in [4.78, 5) is 11.5. The number of alkyl halides is 6. The molecule has 0 aliphatic carbocycles. The summed E-state index contributed by atoms with van der Waals surface area (Å²) in [5.41, 5.74) is -2.43. The van der Waals surface area contributed by atoms with Crippen LogP contribution in [0.5, 0.6) is 0 Å². The van der Waals surface area contributed by atoms with E-state index in [-0.39, 0.29) is 31.3 Å². The van der Waals surface area contributed by atoms with Crippen LogP contribution in [0.2, 0.25) is 0 Å². The average molecular weight is 464 g/mol. The van der Waals surface area contributed by atoms with E-state index in [1.165, 1.54) is 24.3 Å². The zero-order chi connectivity index (χ0) is 23.5. The Balaban J connectivity index is 1.76. The lowest BCUT2D eigenvalue weighted by Gasteiger charge is -2.35. The molecular weight excluding hydrogens is 445 g/mol. The molecule has 1 aliphatic heterocycles. The van der Waals surface area contributed by atoms with Crippen LogP contribution in [0.15, 0.2) is 42.5 Å². The van der Waals surface area contributed by atoms with E-state index in [9.17, 15) is 35.5 Å². The lowest BCUT2D eigenvalue weighted by molar-refractivity contribution is -0.186. The molecule has 1 saturated heterocycles. The third kappa shape index (κ3) is 5.86. The van der Waals surface area contributed by atoms with E-state index in [4.69, 9.17) is 9.47 Å². The number of benzene rings is 2. The highest BCUT2D eigenvalue weighted by Crippen LogP contribution is 2.38. The standard InChI is InChI=1S/C22H19F7O3/c23-18-3-1-14(2-4-18)19-15(12-30)6-8-32-20(19)31-7-5-13-9-16(21(24,25)26)11-17(10-13)22(27,28)29/h1-4,9-12,15,19-20H,5-8H2. The molecular formula is C22H19F7O3. The molecule has 3 unspecified atom stereocenters. The van der Waals surface area contributed by atoms with Crippen molar-refractivity contribution < 1.29 is 45.0 Å². The third-order valence-electron chi connectivity index (χ3n) is 5.24. The predicted octanol–water partition coefficient (Wildman–Crippen LogP) is 5.77. The average Bonchev–Trinajstić information content (AvgIpc) is 2.73. The fourth-order valence-electron chi connectivity index (χ4n) is 3.66. The minimum atomic E-state index is -4.94. The Bertz CT molecular complexity index is 890. The van der Waals surface area contributed by atoms with Crippen LogP contribution in [0.3, 0.4) is 0 Å². The second-order valence-electron chi connectivity index (χ2n) is 7.44. The van der Waals surface area contributed by atoms with E-state index in [0.717, 1.165) is 6.29 Å². The van der Waals surface area contributed by atoms with Crippen molar-refractivity contribution in [2.45, 2.75) is 37.4 Å². The molecule has 1 heterocycles. The molecule has 2 aromatic rings. The summed E-state index contributed by atoms with van der Waals surface area (Å²) in [6.07, 6.45) is -9.95. The van der Waals surface area contributed by atoms with Gasteiger partial charge in [0.25, 0.3) is 0 Å². The van der Waals surface area contributed by atoms with Crippen molar-refractivity contribution in [2.24, 2.45) is 5.92 Å². The zero-order valence-corrected chi connectivity index (χ0v) is 16.5. The normalized spacial score (nSPS) is 22.0. The number of aldehydes is 1. The van der Waals surface area contributed by atoms with Crippen molar-refractivity contribution >= 4 is 6.29 Å². The summed E-state index contributed by atoms with van der Waals surface area (Å²) in [6.45, 7) is -0.0555. The Morgan fingerprint density at radius 2 is 1.56 bits per heavy atom. The summed E-state index contributed by atoms with van der Waals surface area (Å²) >= 11 is 0. The second-order valence-corrected chi connectivity index (χ2v) is 7.44. The quantitative estimate of drug-likeness (QED) is 0.403. The van der Waals surface area contributed by atoms with Gasteiger partial charge in [-0.3, -0.25) is 0 Å². The molecule has 2 aromatic carbocycles. The molecule has 0 N–H and O–H groups in total. The lowest BCUT2D eigenvalue weighted by Crippen LogP contribution is -2.37. The van der Waals surface area contributed by atoms with Crippen molar-refractivity contribution in [3.63, 3.8) is 0 Å². The molecule has 10 heteroatoms. The van der Waals surface area contributed by atoms with E-state index in [1.807, 2.05) is 0 Å². The number of carbonyl (C=O) groups is 1. The fraction of sp³-hybridized carbons (Fsp3) is 0.409. The number of rotatable bonds is 6. The first-order valence-electron chi connectivity index (χ1n) is 9.71. The zero-order valence-electron chi connectivity index (χ0n) is 16.5. The SMILES string of the molecule is O=CC1CCOC(OCCc2cc(C(F)(F)F)cc(C(F)(F)F)c2)C1c1ccc(F)cc1. The molecule has 0 amide bonds.